The Labute approximate surface area is 148 Å². The van der Waals surface area contributed by atoms with E-state index < -0.39 is 22.3 Å². The molecule has 6 nitrogen and oxygen atoms in total. The van der Waals surface area contributed by atoms with E-state index in [1.165, 1.54) is 24.5 Å². The lowest BCUT2D eigenvalue weighted by atomic mass is 9.80. The first-order chi connectivity index (χ1) is 12.2. The van der Waals surface area contributed by atoms with Crippen molar-refractivity contribution in [3.8, 4) is 34.1 Å². The summed E-state index contributed by atoms with van der Waals surface area (Å²) < 4.78 is 5.42. The highest BCUT2D eigenvalue weighted by molar-refractivity contribution is 5.88. The Morgan fingerprint density at radius 2 is 1.62 bits per heavy atom. The summed E-state index contributed by atoms with van der Waals surface area (Å²) in [6, 6.07) is 4.91. The fourth-order valence-electron chi connectivity index (χ4n) is 2.85. The molecule has 1 heterocycles. The molecule has 0 radical (unpaired) electrons. The largest absolute Gasteiger partial charge is 0.508 e. The molecule has 3 rings (SSSR count). The van der Waals surface area contributed by atoms with Gasteiger partial charge in [-0.25, -0.2) is 0 Å². The van der Waals surface area contributed by atoms with E-state index in [4.69, 9.17) is 4.42 Å². The molecular weight excluding hydrogens is 336 g/mol. The quantitative estimate of drug-likeness (QED) is 0.421. The smallest absolute Gasteiger partial charge is 0.204 e. The second-order valence-electron chi connectivity index (χ2n) is 6.63. The van der Waals surface area contributed by atoms with Gasteiger partial charge in [-0.3, -0.25) is 4.79 Å². The number of benzene rings is 2. The van der Waals surface area contributed by atoms with Crippen molar-refractivity contribution in [3.05, 3.63) is 59.0 Å². The van der Waals surface area contributed by atoms with Crippen LogP contribution in [0.15, 0.2) is 52.4 Å². The van der Waals surface area contributed by atoms with Crippen LogP contribution in [-0.4, -0.2) is 20.4 Å². The Hall–Kier alpha value is -3.41. The minimum atomic E-state index is -0.626. The number of fused-ring (bicyclic) bond motifs is 1. The van der Waals surface area contributed by atoms with Gasteiger partial charge in [0.2, 0.25) is 5.43 Å². The maximum Gasteiger partial charge on any atom is 0.204 e. The molecule has 134 valence electrons. The fraction of sp³-hybridized carbons (Fsp3) is 0.150. The summed E-state index contributed by atoms with van der Waals surface area (Å²) in [5.74, 6) is -1.36. The third kappa shape index (κ3) is 2.65. The normalized spacial score (nSPS) is 11.6. The third-order valence-electron chi connectivity index (χ3n) is 4.45. The molecule has 0 amide bonds. The van der Waals surface area contributed by atoms with E-state index in [0.29, 0.717) is 11.1 Å². The van der Waals surface area contributed by atoms with Crippen molar-refractivity contribution in [2.45, 2.75) is 19.3 Å². The summed E-state index contributed by atoms with van der Waals surface area (Å²) in [4.78, 5) is 13.0. The highest BCUT2D eigenvalue weighted by atomic mass is 16.3. The number of hydrogen-bond acceptors (Lipinski definition) is 6. The van der Waals surface area contributed by atoms with Crippen molar-refractivity contribution in [3.63, 3.8) is 0 Å². The van der Waals surface area contributed by atoms with E-state index in [1.807, 2.05) is 13.8 Å². The van der Waals surface area contributed by atoms with Gasteiger partial charge in [-0.2, -0.15) is 0 Å². The van der Waals surface area contributed by atoms with Crippen LogP contribution in [0.5, 0.6) is 23.0 Å². The molecule has 0 bridgehead atoms. The number of hydrogen-bond donors (Lipinski definition) is 4. The lowest BCUT2D eigenvalue weighted by Gasteiger charge is -2.24. The lowest BCUT2D eigenvalue weighted by molar-refractivity contribution is 0.402. The molecule has 4 N–H and O–H groups in total. The minimum absolute atomic E-state index is 0.0313. The Balaban J connectivity index is 2.41. The molecule has 0 saturated heterocycles. The van der Waals surface area contributed by atoms with Crippen molar-refractivity contribution in [2.24, 2.45) is 0 Å². The average Bonchev–Trinajstić information content (AvgIpc) is 2.56. The molecule has 0 saturated carbocycles. The van der Waals surface area contributed by atoms with Gasteiger partial charge >= 0.3 is 0 Å². The van der Waals surface area contributed by atoms with Crippen LogP contribution in [0.1, 0.15) is 19.4 Å². The molecule has 0 unspecified atom stereocenters. The molecule has 26 heavy (non-hydrogen) atoms. The van der Waals surface area contributed by atoms with Crippen LogP contribution in [0.3, 0.4) is 0 Å². The van der Waals surface area contributed by atoms with Crippen LogP contribution in [0, 0.1) is 0 Å². The molecule has 0 aliphatic carbocycles. The first kappa shape index (κ1) is 17.4. The van der Waals surface area contributed by atoms with Crippen molar-refractivity contribution in [1.29, 1.82) is 0 Å². The van der Waals surface area contributed by atoms with Gasteiger partial charge in [-0.05, 0) is 23.3 Å². The maximum absolute atomic E-state index is 13.0. The van der Waals surface area contributed by atoms with Gasteiger partial charge in [-0.1, -0.05) is 19.9 Å². The van der Waals surface area contributed by atoms with Crippen molar-refractivity contribution in [2.75, 3.05) is 0 Å². The molecule has 6 heteroatoms. The summed E-state index contributed by atoms with van der Waals surface area (Å²) in [5.41, 5.74) is -0.141. The number of allylic oxidation sites excluding steroid dienone is 1. The summed E-state index contributed by atoms with van der Waals surface area (Å²) in [6.07, 6.45) is 2.85. The van der Waals surface area contributed by atoms with Gasteiger partial charge in [0.25, 0.3) is 0 Å². The topological polar surface area (TPSA) is 111 Å². The zero-order valence-electron chi connectivity index (χ0n) is 14.3. The molecular formula is C20H18O6. The van der Waals surface area contributed by atoms with Crippen LogP contribution < -0.4 is 5.43 Å². The Kier molecular flexibility index (Phi) is 3.91. The monoisotopic (exact) mass is 354 g/mol. The van der Waals surface area contributed by atoms with Gasteiger partial charge in [0, 0.05) is 17.5 Å². The minimum Gasteiger partial charge on any atom is -0.508 e. The Bertz CT molecular complexity index is 1090. The lowest BCUT2D eigenvalue weighted by Crippen LogP contribution is -2.16. The first-order valence-electron chi connectivity index (χ1n) is 7.83. The van der Waals surface area contributed by atoms with Crippen LogP contribution in [0.4, 0.5) is 0 Å². The van der Waals surface area contributed by atoms with E-state index in [0.717, 1.165) is 6.07 Å². The fourth-order valence-corrected chi connectivity index (χ4v) is 2.85. The summed E-state index contributed by atoms with van der Waals surface area (Å²) >= 11 is 0. The molecule has 0 spiro atoms. The van der Waals surface area contributed by atoms with Crippen LogP contribution in [-0.2, 0) is 5.41 Å². The summed E-state index contributed by atoms with van der Waals surface area (Å²) in [6.45, 7) is 7.46. The van der Waals surface area contributed by atoms with Gasteiger partial charge in [-0.15, -0.1) is 6.58 Å². The predicted molar refractivity (Wildman–Crippen MR) is 97.8 cm³/mol. The van der Waals surface area contributed by atoms with Gasteiger partial charge < -0.3 is 24.8 Å². The second kappa shape index (κ2) is 5.84. The number of aromatic hydroxyl groups is 4. The molecule has 2 aromatic carbocycles. The number of rotatable bonds is 3. The van der Waals surface area contributed by atoms with Crippen LogP contribution in [0.2, 0.25) is 0 Å². The highest BCUT2D eigenvalue weighted by Crippen LogP contribution is 2.40. The SMILES string of the molecule is C=CC(C)(C)c1cc(O)c(O)cc1-c1coc2cc(O)cc(O)c2c1=O. The van der Waals surface area contributed by atoms with Crippen molar-refractivity contribution >= 4 is 11.0 Å². The number of phenols is 4. The third-order valence-corrected chi connectivity index (χ3v) is 4.45. The predicted octanol–water partition coefficient (Wildman–Crippen LogP) is 3.75. The average molecular weight is 354 g/mol. The maximum atomic E-state index is 13.0. The summed E-state index contributed by atoms with van der Waals surface area (Å²) in [5, 5.41) is 39.3. The zero-order chi connectivity index (χ0) is 19.2. The molecule has 0 atom stereocenters. The zero-order valence-corrected chi connectivity index (χ0v) is 14.3. The van der Waals surface area contributed by atoms with Gasteiger partial charge in [0.05, 0.1) is 5.56 Å². The van der Waals surface area contributed by atoms with E-state index >= 15 is 0 Å². The first-order valence-corrected chi connectivity index (χ1v) is 7.83. The Morgan fingerprint density at radius 1 is 0.962 bits per heavy atom. The van der Waals surface area contributed by atoms with Crippen LogP contribution >= 0.6 is 0 Å². The van der Waals surface area contributed by atoms with E-state index in [1.54, 1.807) is 6.08 Å². The number of phenolic OH excluding ortho intramolecular Hbond substituents is 4. The highest BCUT2D eigenvalue weighted by Gasteiger charge is 2.25. The standard InChI is InChI=1S/C20H18O6/c1-4-20(2,3)13-8-15(23)14(22)7-11(13)12-9-26-17-6-10(21)5-16(24)18(17)19(12)25/h4-9,21-24H,1H2,2-3H3. The van der Waals surface area contributed by atoms with Crippen molar-refractivity contribution < 1.29 is 24.8 Å². The second-order valence-corrected chi connectivity index (χ2v) is 6.63. The molecule has 0 aliphatic heterocycles. The van der Waals surface area contributed by atoms with E-state index in [9.17, 15) is 25.2 Å². The molecule has 0 fully saturated rings. The molecule has 0 aliphatic rings. The summed E-state index contributed by atoms with van der Waals surface area (Å²) in [7, 11) is 0. The van der Waals surface area contributed by atoms with E-state index in [-0.39, 0.29) is 28.0 Å². The molecule has 3 aromatic rings. The van der Waals surface area contributed by atoms with Gasteiger partial charge in [0.15, 0.2) is 11.5 Å². The van der Waals surface area contributed by atoms with Gasteiger partial charge in [0.1, 0.15) is 28.7 Å². The Morgan fingerprint density at radius 3 is 2.27 bits per heavy atom. The van der Waals surface area contributed by atoms with E-state index in [2.05, 4.69) is 6.58 Å². The van der Waals surface area contributed by atoms with Crippen LogP contribution in [0.25, 0.3) is 22.1 Å². The molecule has 1 aromatic heterocycles. The van der Waals surface area contributed by atoms with Crippen molar-refractivity contribution in [1.82, 2.24) is 0 Å².